The standard InChI is InChI=1S/C17H20N4O2/c1-12(22)13-9-15(20(2)10-13)17(23)19-14-6-8-21(11-14)16-5-3-4-7-18-16/h3-5,7,9-10,14H,6,8,11H2,1-2H3,(H,19,23). The Morgan fingerprint density at radius 1 is 1.35 bits per heavy atom. The van der Waals surface area contributed by atoms with E-state index in [0.717, 1.165) is 25.3 Å². The van der Waals surface area contributed by atoms with Gasteiger partial charge in [0.1, 0.15) is 11.5 Å². The molecule has 0 radical (unpaired) electrons. The molecule has 23 heavy (non-hydrogen) atoms. The highest BCUT2D eigenvalue weighted by atomic mass is 16.2. The maximum atomic E-state index is 12.4. The molecule has 0 saturated carbocycles. The third-order valence-corrected chi connectivity index (χ3v) is 4.14. The molecular formula is C17H20N4O2. The van der Waals surface area contributed by atoms with Crippen LogP contribution in [0.15, 0.2) is 36.7 Å². The van der Waals surface area contributed by atoms with Gasteiger partial charge in [0.15, 0.2) is 5.78 Å². The van der Waals surface area contributed by atoms with Crippen molar-refractivity contribution in [1.82, 2.24) is 14.9 Å². The van der Waals surface area contributed by atoms with Gasteiger partial charge in [0.2, 0.25) is 0 Å². The Labute approximate surface area is 135 Å². The second-order valence-corrected chi connectivity index (χ2v) is 5.87. The number of nitrogens with zero attached hydrogens (tertiary/aromatic N) is 3. The van der Waals surface area contributed by atoms with Gasteiger partial charge >= 0.3 is 0 Å². The predicted octanol–water partition coefficient (Wildman–Crippen LogP) is 1.63. The second kappa shape index (κ2) is 6.24. The Balaban J connectivity index is 1.64. The smallest absolute Gasteiger partial charge is 0.268 e. The number of anilines is 1. The average Bonchev–Trinajstić information content (AvgIpc) is 3.15. The van der Waals surface area contributed by atoms with Gasteiger partial charge < -0.3 is 14.8 Å². The van der Waals surface area contributed by atoms with E-state index in [2.05, 4.69) is 15.2 Å². The Kier molecular flexibility index (Phi) is 4.14. The van der Waals surface area contributed by atoms with Gasteiger partial charge in [-0.05, 0) is 31.5 Å². The lowest BCUT2D eigenvalue weighted by atomic mass is 10.2. The number of carbonyl (C=O) groups is 2. The van der Waals surface area contributed by atoms with Crippen LogP contribution in [0, 0.1) is 0 Å². The number of aryl methyl sites for hydroxylation is 1. The van der Waals surface area contributed by atoms with Crippen LogP contribution in [0.3, 0.4) is 0 Å². The molecular weight excluding hydrogens is 292 g/mol. The van der Waals surface area contributed by atoms with Crippen LogP contribution < -0.4 is 10.2 Å². The maximum Gasteiger partial charge on any atom is 0.268 e. The van der Waals surface area contributed by atoms with Crippen molar-refractivity contribution in [2.45, 2.75) is 19.4 Å². The van der Waals surface area contributed by atoms with E-state index in [-0.39, 0.29) is 17.7 Å². The van der Waals surface area contributed by atoms with Gasteiger partial charge in [0.05, 0.1) is 0 Å². The summed E-state index contributed by atoms with van der Waals surface area (Å²) in [7, 11) is 1.77. The number of nitrogens with one attached hydrogen (secondary N) is 1. The molecule has 0 aromatic carbocycles. The van der Waals surface area contributed by atoms with Crippen LogP contribution in [0.5, 0.6) is 0 Å². The summed E-state index contributed by atoms with van der Waals surface area (Å²) in [5.41, 5.74) is 1.06. The molecule has 1 N–H and O–H groups in total. The van der Waals surface area contributed by atoms with E-state index in [1.807, 2.05) is 18.2 Å². The maximum absolute atomic E-state index is 12.4. The summed E-state index contributed by atoms with van der Waals surface area (Å²) in [6, 6.07) is 7.55. The largest absolute Gasteiger partial charge is 0.354 e. The van der Waals surface area contributed by atoms with Crippen LogP contribution in [0.2, 0.25) is 0 Å². The normalized spacial score (nSPS) is 17.3. The van der Waals surface area contributed by atoms with Crippen molar-refractivity contribution < 1.29 is 9.59 Å². The molecule has 2 aromatic heterocycles. The van der Waals surface area contributed by atoms with Gasteiger partial charge in [-0.15, -0.1) is 0 Å². The minimum Gasteiger partial charge on any atom is -0.354 e. The van der Waals surface area contributed by atoms with E-state index in [1.54, 1.807) is 30.1 Å². The van der Waals surface area contributed by atoms with E-state index in [9.17, 15) is 9.59 Å². The molecule has 6 nitrogen and oxygen atoms in total. The fraction of sp³-hybridized carbons (Fsp3) is 0.353. The van der Waals surface area contributed by atoms with Crippen LogP contribution in [-0.4, -0.2) is 40.4 Å². The minimum absolute atomic E-state index is 0.0400. The summed E-state index contributed by atoms with van der Waals surface area (Å²) in [6.07, 6.45) is 4.34. The van der Waals surface area contributed by atoms with E-state index < -0.39 is 0 Å². The topological polar surface area (TPSA) is 67.2 Å². The summed E-state index contributed by atoms with van der Waals surface area (Å²) < 4.78 is 1.69. The number of pyridine rings is 1. The molecule has 0 aliphatic carbocycles. The SMILES string of the molecule is CC(=O)c1cc(C(=O)NC2CCN(c3ccccn3)C2)n(C)c1. The van der Waals surface area contributed by atoms with Gasteiger partial charge in [-0.2, -0.15) is 0 Å². The molecule has 1 aliphatic rings. The number of carbonyl (C=O) groups excluding carboxylic acids is 2. The van der Waals surface area contributed by atoms with Crippen LogP contribution in [0.25, 0.3) is 0 Å². The van der Waals surface area contributed by atoms with Gasteiger partial charge in [0, 0.05) is 44.1 Å². The first kappa shape index (κ1) is 15.3. The quantitative estimate of drug-likeness (QED) is 0.871. The van der Waals surface area contributed by atoms with Gasteiger partial charge in [0.25, 0.3) is 5.91 Å². The molecule has 2 aromatic rings. The zero-order valence-corrected chi connectivity index (χ0v) is 13.3. The van der Waals surface area contributed by atoms with Crippen molar-refractivity contribution in [3.05, 3.63) is 47.9 Å². The lowest BCUT2D eigenvalue weighted by molar-refractivity contribution is 0.0932. The molecule has 120 valence electrons. The molecule has 0 spiro atoms. The Morgan fingerprint density at radius 3 is 2.83 bits per heavy atom. The van der Waals surface area contributed by atoms with Gasteiger partial charge in [-0.25, -0.2) is 4.98 Å². The zero-order chi connectivity index (χ0) is 16.4. The number of amides is 1. The number of hydrogen-bond donors (Lipinski definition) is 1. The van der Waals surface area contributed by atoms with Gasteiger partial charge in [-0.1, -0.05) is 6.07 Å². The Bertz CT molecular complexity index is 723. The van der Waals surface area contributed by atoms with Crippen molar-refractivity contribution in [3.8, 4) is 0 Å². The Hall–Kier alpha value is -2.63. The van der Waals surface area contributed by atoms with E-state index >= 15 is 0 Å². The average molecular weight is 312 g/mol. The van der Waals surface area contributed by atoms with Crippen LogP contribution >= 0.6 is 0 Å². The van der Waals surface area contributed by atoms with Crippen LogP contribution in [0.1, 0.15) is 34.2 Å². The molecule has 3 rings (SSSR count). The molecule has 1 fully saturated rings. The molecule has 1 saturated heterocycles. The highest BCUT2D eigenvalue weighted by molar-refractivity contribution is 5.99. The molecule has 1 atom stereocenters. The number of ketones is 1. The van der Waals surface area contributed by atoms with E-state index in [1.165, 1.54) is 6.92 Å². The molecule has 0 bridgehead atoms. The monoisotopic (exact) mass is 312 g/mol. The first-order chi connectivity index (χ1) is 11.0. The van der Waals surface area contributed by atoms with Crippen LogP contribution in [-0.2, 0) is 7.05 Å². The minimum atomic E-state index is -0.145. The highest BCUT2D eigenvalue weighted by Gasteiger charge is 2.26. The van der Waals surface area contributed by atoms with Crippen molar-refractivity contribution in [2.75, 3.05) is 18.0 Å². The first-order valence-corrected chi connectivity index (χ1v) is 7.69. The third kappa shape index (κ3) is 3.26. The summed E-state index contributed by atoms with van der Waals surface area (Å²) in [6.45, 7) is 3.11. The van der Waals surface area contributed by atoms with Crippen molar-refractivity contribution in [1.29, 1.82) is 0 Å². The molecule has 6 heteroatoms. The number of hydrogen-bond acceptors (Lipinski definition) is 4. The molecule has 3 heterocycles. The lowest BCUT2D eigenvalue weighted by Crippen LogP contribution is -2.37. The van der Waals surface area contributed by atoms with Gasteiger partial charge in [-0.3, -0.25) is 9.59 Å². The summed E-state index contributed by atoms with van der Waals surface area (Å²) in [5, 5.41) is 3.05. The van der Waals surface area contributed by atoms with Crippen molar-refractivity contribution in [3.63, 3.8) is 0 Å². The van der Waals surface area contributed by atoms with E-state index in [4.69, 9.17) is 0 Å². The zero-order valence-electron chi connectivity index (χ0n) is 13.3. The summed E-state index contributed by atoms with van der Waals surface area (Å²) in [5.74, 6) is 0.747. The molecule has 1 aliphatic heterocycles. The fourth-order valence-corrected chi connectivity index (χ4v) is 2.87. The number of Topliss-reactive ketones (excluding diaryl/α,β-unsaturated/α-hetero) is 1. The second-order valence-electron chi connectivity index (χ2n) is 5.87. The highest BCUT2D eigenvalue weighted by Crippen LogP contribution is 2.18. The van der Waals surface area contributed by atoms with Crippen LogP contribution in [0.4, 0.5) is 5.82 Å². The summed E-state index contributed by atoms with van der Waals surface area (Å²) >= 11 is 0. The Morgan fingerprint density at radius 2 is 2.17 bits per heavy atom. The van der Waals surface area contributed by atoms with E-state index in [0.29, 0.717) is 11.3 Å². The number of rotatable bonds is 4. The van der Waals surface area contributed by atoms with Crippen molar-refractivity contribution >= 4 is 17.5 Å². The molecule has 1 amide bonds. The fourth-order valence-electron chi connectivity index (χ4n) is 2.87. The summed E-state index contributed by atoms with van der Waals surface area (Å²) in [4.78, 5) is 30.3. The van der Waals surface area contributed by atoms with Crippen molar-refractivity contribution in [2.24, 2.45) is 7.05 Å². The number of aromatic nitrogens is 2. The lowest BCUT2D eigenvalue weighted by Gasteiger charge is -2.17. The molecule has 1 unspecified atom stereocenters. The first-order valence-electron chi connectivity index (χ1n) is 7.69. The third-order valence-electron chi connectivity index (χ3n) is 4.14. The predicted molar refractivity (Wildman–Crippen MR) is 87.7 cm³/mol.